The molecule has 1 aromatic carbocycles. The number of fused-ring (bicyclic) bond motifs is 1. The molecule has 0 atom stereocenters. The third-order valence-corrected chi connectivity index (χ3v) is 4.82. The summed E-state index contributed by atoms with van der Waals surface area (Å²) < 4.78 is 5.61. The van der Waals surface area contributed by atoms with Crippen LogP contribution in [0, 0.1) is 0 Å². The Morgan fingerprint density at radius 1 is 1.12 bits per heavy atom. The van der Waals surface area contributed by atoms with Crippen molar-refractivity contribution in [1.82, 2.24) is 9.80 Å². The lowest BCUT2D eigenvalue weighted by Gasteiger charge is -2.35. The molecule has 1 aromatic rings. The molecule has 0 spiro atoms. The van der Waals surface area contributed by atoms with Gasteiger partial charge >= 0.3 is 0 Å². The summed E-state index contributed by atoms with van der Waals surface area (Å²) in [6, 6.07) is 5.73. The van der Waals surface area contributed by atoms with Gasteiger partial charge in [-0.1, -0.05) is 13.3 Å². The zero-order valence-electron chi connectivity index (χ0n) is 14.4. The van der Waals surface area contributed by atoms with Gasteiger partial charge in [-0.15, -0.1) is 0 Å². The number of ether oxygens (including phenoxy) is 1. The Balaban J connectivity index is 1.58. The number of hydrogen-bond donors (Lipinski definition) is 0. The van der Waals surface area contributed by atoms with Gasteiger partial charge in [0.15, 0.2) is 0 Å². The van der Waals surface area contributed by atoms with Crippen LogP contribution in [0.3, 0.4) is 0 Å². The minimum atomic E-state index is 0.0593. The van der Waals surface area contributed by atoms with Gasteiger partial charge in [-0.25, -0.2) is 0 Å². The molecule has 2 heterocycles. The van der Waals surface area contributed by atoms with Crippen molar-refractivity contribution < 1.29 is 14.3 Å². The average Bonchev–Trinajstić information content (AvgIpc) is 2.65. The van der Waals surface area contributed by atoms with E-state index < -0.39 is 0 Å². The van der Waals surface area contributed by atoms with Crippen LogP contribution in [0.1, 0.15) is 48.5 Å². The fourth-order valence-corrected chi connectivity index (χ4v) is 3.32. The number of carbonyl (C=O) groups is 2. The summed E-state index contributed by atoms with van der Waals surface area (Å²) in [5.74, 6) is 1.18. The lowest BCUT2D eigenvalue weighted by Crippen LogP contribution is -2.50. The van der Waals surface area contributed by atoms with Crippen molar-refractivity contribution >= 4 is 11.8 Å². The lowest BCUT2D eigenvalue weighted by atomic mass is 10.0. The molecule has 1 saturated heterocycles. The van der Waals surface area contributed by atoms with E-state index in [2.05, 4.69) is 6.92 Å². The van der Waals surface area contributed by atoms with Gasteiger partial charge in [0.2, 0.25) is 5.91 Å². The predicted octanol–water partition coefficient (Wildman–Crippen LogP) is 2.49. The molecule has 2 amide bonds. The van der Waals surface area contributed by atoms with Gasteiger partial charge in [0.1, 0.15) is 5.75 Å². The van der Waals surface area contributed by atoms with Crippen LogP contribution in [0.4, 0.5) is 0 Å². The number of rotatable bonds is 4. The Morgan fingerprint density at radius 3 is 2.62 bits per heavy atom. The number of unbranched alkanes of at least 4 members (excludes halogenated alkanes) is 1. The molecule has 2 aliphatic heterocycles. The van der Waals surface area contributed by atoms with Crippen LogP contribution in [0.2, 0.25) is 0 Å². The van der Waals surface area contributed by atoms with Crippen molar-refractivity contribution in [1.29, 1.82) is 0 Å². The van der Waals surface area contributed by atoms with Crippen molar-refractivity contribution in [3.05, 3.63) is 29.3 Å². The molecule has 5 heteroatoms. The summed E-state index contributed by atoms with van der Waals surface area (Å²) in [6.45, 7) is 5.36. The van der Waals surface area contributed by atoms with Gasteiger partial charge in [-0.3, -0.25) is 9.59 Å². The van der Waals surface area contributed by atoms with E-state index in [1.54, 1.807) is 0 Å². The minimum absolute atomic E-state index is 0.0593. The van der Waals surface area contributed by atoms with Crippen LogP contribution in [-0.4, -0.2) is 54.4 Å². The monoisotopic (exact) mass is 330 g/mol. The van der Waals surface area contributed by atoms with Crippen molar-refractivity contribution in [3.63, 3.8) is 0 Å². The molecule has 24 heavy (non-hydrogen) atoms. The van der Waals surface area contributed by atoms with Gasteiger partial charge in [0.05, 0.1) is 6.61 Å². The maximum atomic E-state index is 12.7. The van der Waals surface area contributed by atoms with E-state index in [0.717, 1.165) is 49.2 Å². The van der Waals surface area contributed by atoms with E-state index >= 15 is 0 Å². The third kappa shape index (κ3) is 3.71. The van der Waals surface area contributed by atoms with Gasteiger partial charge in [-0.05, 0) is 43.0 Å². The molecule has 1 fully saturated rings. The van der Waals surface area contributed by atoms with E-state index in [0.29, 0.717) is 32.6 Å². The SMILES string of the molecule is CCCCC(=O)N1CCN(C(=O)c2ccc3c(c2)CCCO3)CC1. The van der Waals surface area contributed by atoms with E-state index in [-0.39, 0.29) is 11.8 Å². The molecular formula is C19H26N2O3. The van der Waals surface area contributed by atoms with Crippen LogP contribution in [0.5, 0.6) is 5.75 Å². The molecule has 130 valence electrons. The molecule has 0 saturated carbocycles. The molecule has 0 N–H and O–H groups in total. The zero-order chi connectivity index (χ0) is 16.9. The number of nitrogens with zero attached hydrogens (tertiary/aromatic N) is 2. The average molecular weight is 330 g/mol. The Labute approximate surface area is 143 Å². The molecule has 0 aliphatic carbocycles. The van der Waals surface area contributed by atoms with Gasteiger partial charge in [-0.2, -0.15) is 0 Å². The maximum Gasteiger partial charge on any atom is 0.253 e. The molecule has 0 radical (unpaired) electrons. The Hall–Kier alpha value is -2.04. The normalized spacial score (nSPS) is 17.2. The largest absolute Gasteiger partial charge is 0.493 e. The first-order valence-electron chi connectivity index (χ1n) is 9.02. The molecule has 3 rings (SSSR count). The Bertz CT molecular complexity index is 607. The smallest absolute Gasteiger partial charge is 0.253 e. The molecular weight excluding hydrogens is 304 g/mol. The maximum absolute atomic E-state index is 12.7. The fourth-order valence-electron chi connectivity index (χ4n) is 3.32. The highest BCUT2D eigenvalue weighted by Crippen LogP contribution is 2.26. The number of amides is 2. The number of hydrogen-bond acceptors (Lipinski definition) is 3. The van der Waals surface area contributed by atoms with Crippen LogP contribution < -0.4 is 4.74 Å². The topological polar surface area (TPSA) is 49.9 Å². The Kier molecular flexibility index (Phi) is 5.38. The second-order valence-corrected chi connectivity index (χ2v) is 6.55. The number of carbonyl (C=O) groups excluding carboxylic acids is 2. The summed E-state index contributed by atoms with van der Waals surface area (Å²) in [7, 11) is 0. The van der Waals surface area contributed by atoms with E-state index in [1.165, 1.54) is 0 Å². The van der Waals surface area contributed by atoms with Gasteiger partial charge in [0, 0.05) is 38.2 Å². The van der Waals surface area contributed by atoms with Gasteiger partial charge in [0.25, 0.3) is 5.91 Å². The summed E-state index contributed by atoms with van der Waals surface area (Å²) in [5.41, 5.74) is 1.85. The highest BCUT2D eigenvalue weighted by molar-refractivity contribution is 5.94. The van der Waals surface area contributed by atoms with Crippen LogP contribution in [0.25, 0.3) is 0 Å². The molecule has 0 bridgehead atoms. The second-order valence-electron chi connectivity index (χ2n) is 6.55. The van der Waals surface area contributed by atoms with Crippen LogP contribution in [-0.2, 0) is 11.2 Å². The predicted molar refractivity (Wildman–Crippen MR) is 92.3 cm³/mol. The number of piperazine rings is 1. The fraction of sp³-hybridized carbons (Fsp3) is 0.579. The molecule has 0 aromatic heterocycles. The van der Waals surface area contributed by atoms with Crippen molar-refractivity contribution in [2.75, 3.05) is 32.8 Å². The van der Waals surface area contributed by atoms with Crippen LogP contribution in [0.15, 0.2) is 18.2 Å². The molecule has 0 unspecified atom stereocenters. The van der Waals surface area contributed by atoms with E-state index in [9.17, 15) is 9.59 Å². The van der Waals surface area contributed by atoms with Gasteiger partial charge < -0.3 is 14.5 Å². The summed E-state index contributed by atoms with van der Waals surface area (Å²) in [4.78, 5) is 28.5. The Morgan fingerprint density at radius 2 is 1.88 bits per heavy atom. The lowest BCUT2D eigenvalue weighted by molar-refractivity contribution is -0.132. The number of benzene rings is 1. The van der Waals surface area contributed by atoms with Crippen molar-refractivity contribution in [2.24, 2.45) is 0 Å². The van der Waals surface area contributed by atoms with Crippen molar-refractivity contribution in [3.8, 4) is 5.75 Å². The number of aryl methyl sites for hydroxylation is 1. The molecule has 5 nitrogen and oxygen atoms in total. The minimum Gasteiger partial charge on any atom is -0.493 e. The summed E-state index contributed by atoms with van der Waals surface area (Å²) in [5, 5.41) is 0. The third-order valence-electron chi connectivity index (χ3n) is 4.82. The van der Waals surface area contributed by atoms with Crippen molar-refractivity contribution in [2.45, 2.75) is 39.0 Å². The summed E-state index contributed by atoms with van der Waals surface area (Å²) in [6.07, 6.45) is 4.57. The quantitative estimate of drug-likeness (QED) is 0.852. The summed E-state index contributed by atoms with van der Waals surface area (Å²) >= 11 is 0. The van der Waals surface area contributed by atoms with Crippen LogP contribution >= 0.6 is 0 Å². The second kappa shape index (κ2) is 7.69. The van der Waals surface area contributed by atoms with E-state index in [1.807, 2.05) is 28.0 Å². The van der Waals surface area contributed by atoms with E-state index in [4.69, 9.17) is 4.74 Å². The first-order chi connectivity index (χ1) is 11.7. The highest BCUT2D eigenvalue weighted by atomic mass is 16.5. The first kappa shape index (κ1) is 16.8. The highest BCUT2D eigenvalue weighted by Gasteiger charge is 2.25. The standard InChI is InChI=1S/C19H26N2O3/c1-2-3-6-18(22)20-9-11-21(12-10-20)19(23)16-7-8-17-15(14-16)5-4-13-24-17/h7-8,14H,2-6,9-13H2,1H3. The molecule has 2 aliphatic rings. The first-order valence-corrected chi connectivity index (χ1v) is 9.02. The zero-order valence-corrected chi connectivity index (χ0v) is 14.4.